The summed E-state index contributed by atoms with van der Waals surface area (Å²) in [6.07, 6.45) is 0. The summed E-state index contributed by atoms with van der Waals surface area (Å²) in [4.78, 5) is 28.2. The van der Waals surface area contributed by atoms with Crippen LogP contribution in [-0.4, -0.2) is 30.0 Å². The lowest BCUT2D eigenvalue weighted by atomic mass is 9.95. The van der Waals surface area contributed by atoms with E-state index in [4.69, 9.17) is 21.1 Å². The molecule has 1 N–H and O–H groups in total. The van der Waals surface area contributed by atoms with Gasteiger partial charge in [-0.3, -0.25) is 14.5 Å². The van der Waals surface area contributed by atoms with E-state index in [0.29, 0.717) is 52.5 Å². The van der Waals surface area contributed by atoms with Gasteiger partial charge in [0.05, 0.1) is 29.9 Å². The molecule has 1 amide bonds. The first-order chi connectivity index (χ1) is 17.7. The van der Waals surface area contributed by atoms with Gasteiger partial charge in [0.2, 0.25) is 0 Å². The van der Waals surface area contributed by atoms with Gasteiger partial charge in [-0.15, -0.1) is 0 Å². The van der Waals surface area contributed by atoms with Crippen LogP contribution in [0.5, 0.6) is 11.5 Å². The number of Topliss-reactive ketones (excluding diaryl/α,β-unsaturated/α-hetero) is 1. The third-order valence-electron chi connectivity index (χ3n) is 6.04. The zero-order valence-electron chi connectivity index (χ0n) is 21.3. The van der Waals surface area contributed by atoms with E-state index in [9.17, 15) is 14.7 Å². The summed E-state index contributed by atoms with van der Waals surface area (Å²) in [7, 11) is 0. The van der Waals surface area contributed by atoms with Crippen molar-refractivity contribution < 1.29 is 24.2 Å². The van der Waals surface area contributed by atoms with Gasteiger partial charge in [-0.25, -0.2) is 0 Å². The molecule has 192 valence electrons. The third-order valence-corrected chi connectivity index (χ3v) is 6.35. The molecule has 0 aromatic heterocycles. The van der Waals surface area contributed by atoms with E-state index in [1.165, 1.54) is 4.90 Å². The fourth-order valence-corrected chi connectivity index (χ4v) is 4.37. The number of ether oxygens (including phenoxy) is 2. The number of anilines is 1. The lowest BCUT2D eigenvalue weighted by molar-refractivity contribution is -0.132. The summed E-state index contributed by atoms with van der Waals surface area (Å²) < 4.78 is 11.4. The Morgan fingerprint density at radius 1 is 1.00 bits per heavy atom. The normalized spacial score (nSPS) is 16.9. The van der Waals surface area contributed by atoms with Crippen LogP contribution in [-0.2, 0) is 9.59 Å². The van der Waals surface area contributed by atoms with E-state index < -0.39 is 17.7 Å². The Bertz CT molecular complexity index is 1330. The molecular formula is C30H30ClNO5. The fraction of sp³-hybridized carbons (Fsp3) is 0.267. The lowest BCUT2D eigenvalue weighted by Gasteiger charge is -2.26. The number of aliphatic hydroxyl groups excluding tert-OH is 1. The second kappa shape index (κ2) is 11.1. The molecule has 1 fully saturated rings. The maximum atomic E-state index is 13.4. The van der Waals surface area contributed by atoms with E-state index in [-0.39, 0.29) is 11.3 Å². The molecule has 7 heteroatoms. The Kier molecular flexibility index (Phi) is 7.89. The summed E-state index contributed by atoms with van der Waals surface area (Å²) in [6, 6.07) is 18.5. The maximum absolute atomic E-state index is 13.4. The first kappa shape index (κ1) is 26.3. The molecule has 0 saturated carbocycles. The SMILES string of the molecule is CCOc1cc(/C(O)=C2/C(=O)C(=O)N(c3ccc(C)cc3)C2c2ccc(OCC(C)C)cc2)ccc1Cl. The van der Waals surface area contributed by atoms with Gasteiger partial charge in [0.25, 0.3) is 11.7 Å². The minimum absolute atomic E-state index is 0.00815. The number of nitrogens with zero attached hydrogens (tertiary/aromatic N) is 1. The van der Waals surface area contributed by atoms with Crippen molar-refractivity contribution in [1.29, 1.82) is 0 Å². The number of hydrogen-bond donors (Lipinski definition) is 1. The van der Waals surface area contributed by atoms with E-state index >= 15 is 0 Å². The number of halogens is 1. The highest BCUT2D eigenvalue weighted by molar-refractivity contribution is 6.51. The number of carbonyl (C=O) groups is 2. The Morgan fingerprint density at radius 2 is 1.68 bits per heavy atom. The van der Waals surface area contributed by atoms with Crippen LogP contribution in [0.15, 0.2) is 72.3 Å². The van der Waals surface area contributed by atoms with Gasteiger partial charge in [-0.05, 0) is 67.8 Å². The van der Waals surface area contributed by atoms with Crippen LogP contribution in [0.3, 0.4) is 0 Å². The molecule has 0 radical (unpaired) electrons. The highest BCUT2D eigenvalue weighted by atomic mass is 35.5. The van der Waals surface area contributed by atoms with Gasteiger partial charge < -0.3 is 14.6 Å². The number of aryl methyl sites for hydroxylation is 1. The number of benzene rings is 3. The smallest absolute Gasteiger partial charge is 0.300 e. The molecule has 1 unspecified atom stereocenters. The van der Waals surface area contributed by atoms with E-state index in [1.54, 1.807) is 30.3 Å². The fourth-order valence-electron chi connectivity index (χ4n) is 4.20. The standard InChI is InChI=1S/C30H30ClNO5/c1-5-36-25-16-21(10-15-24(25)31)28(33)26-27(20-8-13-23(14-9-20)37-17-18(2)3)32(30(35)29(26)34)22-11-6-19(4)7-12-22/h6-16,18,27,33H,5,17H2,1-4H3/b28-26-. The Hall–Kier alpha value is -3.77. The third kappa shape index (κ3) is 5.49. The first-order valence-electron chi connectivity index (χ1n) is 12.2. The van der Waals surface area contributed by atoms with Gasteiger partial charge in [0, 0.05) is 11.3 Å². The van der Waals surface area contributed by atoms with Crippen LogP contribution in [0.2, 0.25) is 5.02 Å². The zero-order chi connectivity index (χ0) is 26.7. The summed E-state index contributed by atoms with van der Waals surface area (Å²) in [6.45, 7) is 8.85. The summed E-state index contributed by atoms with van der Waals surface area (Å²) >= 11 is 6.23. The summed E-state index contributed by atoms with van der Waals surface area (Å²) in [5.74, 6) is -0.344. The zero-order valence-corrected chi connectivity index (χ0v) is 22.1. The molecule has 1 saturated heterocycles. The highest BCUT2D eigenvalue weighted by Gasteiger charge is 2.47. The molecule has 1 atom stereocenters. The van der Waals surface area contributed by atoms with Crippen LogP contribution in [0.4, 0.5) is 5.69 Å². The number of hydrogen-bond acceptors (Lipinski definition) is 5. The molecule has 1 aliphatic heterocycles. The molecule has 1 heterocycles. The minimum atomic E-state index is -0.840. The molecule has 0 bridgehead atoms. The quantitative estimate of drug-likeness (QED) is 0.203. The monoisotopic (exact) mass is 519 g/mol. The van der Waals surface area contributed by atoms with Gasteiger partial charge in [-0.2, -0.15) is 0 Å². The van der Waals surface area contributed by atoms with Crippen molar-refractivity contribution >= 4 is 34.7 Å². The average molecular weight is 520 g/mol. The van der Waals surface area contributed by atoms with Crippen LogP contribution >= 0.6 is 11.6 Å². The van der Waals surface area contributed by atoms with Crippen LogP contribution < -0.4 is 14.4 Å². The van der Waals surface area contributed by atoms with Crippen molar-refractivity contribution in [2.75, 3.05) is 18.1 Å². The Balaban J connectivity index is 1.85. The van der Waals surface area contributed by atoms with Crippen molar-refractivity contribution in [2.45, 2.75) is 33.7 Å². The summed E-state index contributed by atoms with van der Waals surface area (Å²) in [5.41, 5.74) is 2.57. The van der Waals surface area contributed by atoms with Gasteiger partial charge >= 0.3 is 0 Å². The van der Waals surface area contributed by atoms with E-state index in [0.717, 1.165) is 5.56 Å². The lowest BCUT2D eigenvalue weighted by Crippen LogP contribution is -2.29. The topological polar surface area (TPSA) is 76.1 Å². The van der Waals surface area contributed by atoms with Gasteiger partial charge in [-0.1, -0.05) is 55.3 Å². The van der Waals surface area contributed by atoms with Crippen molar-refractivity contribution in [2.24, 2.45) is 5.92 Å². The molecule has 0 aliphatic carbocycles. The number of carbonyl (C=O) groups excluding carboxylic acids is 2. The van der Waals surface area contributed by atoms with Gasteiger partial charge in [0.1, 0.15) is 17.3 Å². The first-order valence-corrected chi connectivity index (χ1v) is 12.6. The molecular weight excluding hydrogens is 490 g/mol. The van der Waals surface area contributed by atoms with Crippen molar-refractivity contribution in [3.63, 3.8) is 0 Å². The number of rotatable bonds is 8. The van der Waals surface area contributed by atoms with Crippen LogP contribution in [0, 0.1) is 12.8 Å². The predicted octanol–water partition coefficient (Wildman–Crippen LogP) is 6.71. The summed E-state index contributed by atoms with van der Waals surface area (Å²) in [5, 5.41) is 11.8. The molecule has 3 aromatic carbocycles. The Morgan fingerprint density at radius 3 is 2.30 bits per heavy atom. The second-order valence-corrected chi connectivity index (χ2v) is 9.76. The molecule has 3 aromatic rings. The maximum Gasteiger partial charge on any atom is 0.300 e. The Labute approximate surface area is 222 Å². The average Bonchev–Trinajstić information content (AvgIpc) is 3.15. The van der Waals surface area contributed by atoms with E-state index in [1.807, 2.05) is 50.2 Å². The molecule has 4 rings (SSSR count). The molecule has 37 heavy (non-hydrogen) atoms. The minimum Gasteiger partial charge on any atom is -0.507 e. The van der Waals surface area contributed by atoms with Crippen molar-refractivity contribution in [3.8, 4) is 11.5 Å². The number of ketones is 1. The van der Waals surface area contributed by atoms with Gasteiger partial charge in [0.15, 0.2) is 0 Å². The number of aliphatic hydroxyl groups is 1. The molecule has 6 nitrogen and oxygen atoms in total. The largest absolute Gasteiger partial charge is 0.507 e. The number of amides is 1. The van der Waals surface area contributed by atoms with Crippen LogP contribution in [0.25, 0.3) is 5.76 Å². The molecule has 1 aliphatic rings. The van der Waals surface area contributed by atoms with E-state index in [2.05, 4.69) is 13.8 Å². The predicted molar refractivity (Wildman–Crippen MR) is 145 cm³/mol. The van der Waals surface area contributed by atoms with Crippen molar-refractivity contribution in [3.05, 3.63) is 94.0 Å². The highest BCUT2D eigenvalue weighted by Crippen LogP contribution is 2.43. The van der Waals surface area contributed by atoms with Crippen molar-refractivity contribution in [1.82, 2.24) is 0 Å². The molecule has 0 spiro atoms. The second-order valence-electron chi connectivity index (χ2n) is 9.36. The van der Waals surface area contributed by atoms with Crippen LogP contribution in [0.1, 0.15) is 43.5 Å².